The van der Waals surface area contributed by atoms with Crippen LogP contribution in [0.5, 0.6) is 5.75 Å². The number of hydrogen-bond acceptors (Lipinski definition) is 11. The summed E-state index contributed by atoms with van der Waals surface area (Å²) in [4.78, 5) is 11.0. The molecule has 10 nitrogen and oxygen atoms in total. The first-order valence-electron chi connectivity index (χ1n) is 6.55. The van der Waals surface area contributed by atoms with E-state index in [0.717, 1.165) is 0 Å². The van der Waals surface area contributed by atoms with Crippen LogP contribution in [0, 0.1) is 10.1 Å². The van der Waals surface area contributed by atoms with Crippen molar-refractivity contribution in [3.05, 3.63) is 44.9 Å². The topological polar surface area (TPSA) is 128 Å². The van der Waals surface area contributed by atoms with Crippen LogP contribution in [0.4, 0.5) is 16.0 Å². The van der Waals surface area contributed by atoms with E-state index in [1.165, 1.54) is 35.8 Å². The molecule has 0 radical (unpaired) electrons. The Balaban J connectivity index is 2.02. The summed E-state index contributed by atoms with van der Waals surface area (Å²) < 4.78 is 5.12. The van der Waals surface area contributed by atoms with Crippen molar-refractivity contribution in [1.29, 1.82) is 0 Å². The average molecular weight is 365 g/mol. The summed E-state index contributed by atoms with van der Waals surface area (Å²) >= 11 is 2.55. The van der Waals surface area contributed by atoms with Crippen LogP contribution < -0.4 is 15.4 Å². The number of aromatic nitrogens is 4. The van der Waals surface area contributed by atoms with E-state index in [-0.39, 0.29) is 11.4 Å². The third kappa shape index (κ3) is 3.38. The molecule has 24 heavy (non-hydrogen) atoms. The fourth-order valence-corrected chi connectivity index (χ4v) is 2.99. The van der Waals surface area contributed by atoms with Crippen molar-refractivity contribution in [3.8, 4) is 5.75 Å². The SMILES string of the molecule is COc1cccc(C(Nc2nncs2)Nc2nncs2)c1[N+](=O)[O-]. The van der Waals surface area contributed by atoms with Gasteiger partial charge in [-0.25, -0.2) is 0 Å². The van der Waals surface area contributed by atoms with E-state index in [4.69, 9.17) is 4.74 Å². The Bertz CT molecular complexity index is 774. The number of benzene rings is 1. The summed E-state index contributed by atoms with van der Waals surface area (Å²) in [6.45, 7) is 0. The predicted octanol–water partition coefficient (Wildman–Crippen LogP) is 2.53. The first-order valence-corrected chi connectivity index (χ1v) is 8.31. The molecule has 0 spiro atoms. The lowest BCUT2D eigenvalue weighted by Crippen LogP contribution is -2.21. The van der Waals surface area contributed by atoms with Crippen LogP contribution in [0.1, 0.15) is 11.7 Å². The van der Waals surface area contributed by atoms with Crippen molar-refractivity contribution in [3.63, 3.8) is 0 Å². The quantitative estimate of drug-likeness (QED) is 0.368. The highest BCUT2D eigenvalue weighted by atomic mass is 32.1. The molecule has 0 atom stereocenters. The number of nitrogens with zero attached hydrogens (tertiary/aromatic N) is 5. The van der Waals surface area contributed by atoms with E-state index in [1.807, 2.05) is 0 Å². The maximum Gasteiger partial charge on any atom is 0.318 e. The van der Waals surface area contributed by atoms with Gasteiger partial charge in [-0.3, -0.25) is 10.1 Å². The number of rotatable bonds is 7. The van der Waals surface area contributed by atoms with Gasteiger partial charge in [-0.15, -0.1) is 20.4 Å². The molecule has 2 N–H and O–H groups in total. The molecule has 0 amide bonds. The van der Waals surface area contributed by atoms with Crippen LogP contribution in [-0.4, -0.2) is 32.4 Å². The Morgan fingerprint density at radius 2 is 1.79 bits per heavy atom. The summed E-state index contributed by atoms with van der Waals surface area (Å²) in [6, 6.07) is 4.85. The molecule has 0 aliphatic heterocycles. The number of anilines is 2. The van der Waals surface area contributed by atoms with E-state index < -0.39 is 11.1 Å². The number of nitro groups is 1. The van der Waals surface area contributed by atoms with Crippen LogP contribution in [-0.2, 0) is 0 Å². The molecule has 0 bridgehead atoms. The highest BCUT2D eigenvalue weighted by Gasteiger charge is 2.27. The average Bonchev–Trinajstić information content (AvgIpc) is 3.27. The molecular formula is C12H11N7O3S2. The van der Waals surface area contributed by atoms with Gasteiger partial charge in [-0.2, -0.15) is 0 Å². The normalized spacial score (nSPS) is 10.6. The van der Waals surface area contributed by atoms with Gasteiger partial charge in [0.2, 0.25) is 10.3 Å². The Morgan fingerprint density at radius 1 is 1.17 bits per heavy atom. The number of nitro benzene ring substituents is 1. The zero-order valence-electron chi connectivity index (χ0n) is 12.2. The van der Waals surface area contributed by atoms with Crippen molar-refractivity contribution in [1.82, 2.24) is 20.4 Å². The maximum atomic E-state index is 11.5. The minimum atomic E-state index is -0.665. The van der Waals surface area contributed by atoms with Crippen molar-refractivity contribution in [2.45, 2.75) is 6.17 Å². The smallest absolute Gasteiger partial charge is 0.318 e. The summed E-state index contributed by atoms with van der Waals surface area (Å²) in [5.74, 6) is 0.167. The molecule has 0 fully saturated rings. The summed E-state index contributed by atoms with van der Waals surface area (Å²) in [7, 11) is 1.39. The van der Waals surface area contributed by atoms with Crippen LogP contribution in [0.15, 0.2) is 29.2 Å². The maximum absolute atomic E-state index is 11.5. The lowest BCUT2D eigenvalue weighted by Gasteiger charge is -2.19. The van der Waals surface area contributed by atoms with Gasteiger partial charge in [-0.1, -0.05) is 28.7 Å². The number of ether oxygens (including phenoxy) is 1. The van der Waals surface area contributed by atoms with E-state index in [2.05, 4.69) is 31.0 Å². The second-order valence-corrected chi connectivity index (χ2v) is 6.03. The Morgan fingerprint density at radius 3 is 2.25 bits per heavy atom. The second-order valence-electron chi connectivity index (χ2n) is 4.36. The predicted molar refractivity (Wildman–Crippen MR) is 89.5 cm³/mol. The Labute approximate surface area is 143 Å². The molecule has 2 heterocycles. The Hall–Kier alpha value is -2.86. The first-order chi connectivity index (χ1) is 11.7. The van der Waals surface area contributed by atoms with E-state index >= 15 is 0 Å². The highest BCUT2D eigenvalue weighted by molar-refractivity contribution is 7.13. The van der Waals surface area contributed by atoms with Crippen LogP contribution in [0.25, 0.3) is 0 Å². The van der Waals surface area contributed by atoms with Gasteiger partial charge in [-0.05, 0) is 12.1 Å². The van der Waals surface area contributed by atoms with E-state index in [0.29, 0.717) is 15.8 Å². The molecule has 0 aliphatic carbocycles. The molecular weight excluding hydrogens is 354 g/mol. The lowest BCUT2D eigenvalue weighted by atomic mass is 10.1. The fourth-order valence-electron chi connectivity index (χ4n) is 2.04. The molecule has 0 saturated carbocycles. The molecule has 12 heteroatoms. The molecule has 0 saturated heterocycles. The molecule has 3 rings (SSSR count). The second kappa shape index (κ2) is 7.14. The highest BCUT2D eigenvalue weighted by Crippen LogP contribution is 2.36. The van der Waals surface area contributed by atoms with Gasteiger partial charge in [0.15, 0.2) is 5.75 Å². The standard InChI is InChI=1S/C12H11N7O3S2/c1-22-8-4-2-3-7(9(8)19(20)21)10(15-11-17-13-5-23-11)16-12-18-14-6-24-12/h2-6,10H,1H3,(H,15,17)(H,16,18). The minimum Gasteiger partial charge on any atom is -0.490 e. The van der Waals surface area contributed by atoms with Gasteiger partial charge < -0.3 is 15.4 Å². The molecule has 0 unspecified atom stereocenters. The molecule has 0 aliphatic rings. The van der Waals surface area contributed by atoms with Crippen molar-refractivity contribution in [2.24, 2.45) is 0 Å². The van der Waals surface area contributed by atoms with Crippen molar-refractivity contribution >= 4 is 38.6 Å². The summed E-state index contributed by atoms with van der Waals surface area (Å²) in [5.41, 5.74) is 3.36. The first kappa shape index (κ1) is 16.0. The van der Waals surface area contributed by atoms with Gasteiger partial charge in [0, 0.05) is 0 Å². The third-order valence-corrected chi connectivity index (χ3v) is 4.24. The monoisotopic (exact) mass is 365 g/mol. The van der Waals surface area contributed by atoms with Gasteiger partial charge >= 0.3 is 5.69 Å². The molecule has 124 valence electrons. The number of hydrogen-bond donors (Lipinski definition) is 2. The summed E-state index contributed by atoms with van der Waals surface area (Å²) in [5, 5.41) is 34.0. The number of para-hydroxylation sites is 1. The largest absolute Gasteiger partial charge is 0.490 e. The Kier molecular flexibility index (Phi) is 4.77. The van der Waals surface area contributed by atoms with Crippen molar-refractivity contribution < 1.29 is 9.66 Å². The van der Waals surface area contributed by atoms with Gasteiger partial charge in [0.25, 0.3) is 0 Å². The van der Waals surface area contributed by atoms with Gasteiger partial charge in [0.1, 0.15) is 17.2 Å². The number of methoxy groups -OCH3 is 1. The van der Waals surface area contributed by atoms with Crippen LogP contribution in [0.3, 0.4) is 0 Å². The zero-order chi connectivity index (χ0) is 16.9. The number of nitrogens with one attached hydrogen (secondary N) is 2. The molecule has 1 aromatic carbocycles. The molecule has 3 aromatic rings. The van der Waals surface area contributed by atoms with E-state index in [9.17, 15) is 10.1 Å². The van der Waals surface area contributed by atoms with E-state index in [1.54, 1.807) is 23.2 Å². The zero-order valence-corrected chi connectivity index (χ0v) is 13.9. The van der Waals surface area contributed by atoms with Gasteiger partial charge in [0.05, 0.1) is 17.6 Å². The van der Waals surface area contributed by atoms with Crippen molar-refractivity contribution in [2.75, 3.05) is 17.7 Å². The third-order valence-electron chi connectivity index (χ3n) is 3.00. The van der Waals surface area contributed by atoms with Crippen LogP contribution >= 0.6 is 22.7 Å². The fraction of sp³-hybridized carbons (Fsp3) is 0.167. The lowest BCUT2D eigenvalue weighted by molar-refractivity contribution is -0.386. The molecule has 2 aromatic heterocycles. The minimum absolute atomic E-state index is 0.140. The van der Waals surface area contributed by atoms with Crippen LogP contribution in [0.2, 0.25) is 0 Å². The summed E-state index contributed by atoms with van der Waals surface area (Å²) in [6.07, 6.45) is -0.665.